The Hall–Kier alpha value is -0.770. The molecule has 3 aliphatic rings. The van der Waals surface area contributed by atoms with Crippen molar-refractivity contribution in [1.29, 1.82) is 0 Å². The Morgan fingerprint density at radius 3 is 2.58 bits per heavy atom. The van der Waals surface area contributed by atoms with E-state index in [1.165, 1.54) is 12.0 Å². The summed E-state index contributed by atoms with van der Waals surface area (Å²) in [6.45, 7) is 15.7. The van der Waals surface area contributed by atoms with Gasteiger partial charge in [-0.1, -0.05) is 20.4 Å². The number of fused-ring (bicyclic) bond motifs is 2. The van der Waals surface area contributed by atoms with Crippen LogP contribution in [0.1, 0.15) is 26.7 Å². The van der Waals surface area contributed by atoms with Crippen LogP contribution in [0.15, 0.2) is 12.2 Å². The van der Waals surface area contributed by atoms with Gasteiger partial charge in [-0.15, -0.1) is 0 Å². The molecule has 0 aliphatic heterocycles. The first kappa shape index (κ1) is 7.86. The Morgan fingerprint density at radius 1 is 1.50 bits per heavy atom. The number of nitrogens with zero attached hydrogens (tertiary/aromatic N) is 1. The van der Waals surface area contributed by atoms with E-state index in [1.54, 1.807) is 0 Å². The molecule has 2 bridgehead atoms. The number of rotatable bonds is 0. The first-order chi connectivity index (χ1) is 5.57. The molecule has 0 N–H and O–H groups in total. The maximum atomic E-state index is 7.03. The third kappa shape index (κ3) is 0.732. The van der Waals surface area contributed by atoms with Gasteiger partial charge in [0.1, 0.15) is 0 Å². The molecule has 0 aromatic carbocycles. The summed E-state index contributed by atoms with van der Waals surface area (Å²) in [6, 6.07) is 0.141. The number of hydrogen-bond acceptors (Lipinski definition) is 0. The van der Waals surface area contributed by atoms with Gasteiger partial charge in [0.2, 0.25) is 6.04 Å². The van der Waals surface area contributed by atoms with Gasteiger partial charge in [0.15, 0.2) is 0 Å². The van der Waals surface area contributed by atoms with E-state index in [0.29, 0.717) is 11.3 Å². The summed E-state index contributed by atoms with van der Waals surface area (Å²) in [5.41, 5.74) is 1.65. The monoisotopic (exact) mass is 161 g/mol. The lowest BCUT2D eigenvalue weighted by Gasteiger charge is -2.57. The Labute approximate surface area is 74.3 Å². The minimum Gasteiger partial charge on any atom is -0.309 e. The summed E-state index contributed by atoms with van der Waals surface area (Å²) in [4.78, 5) is 3.63. The highest BCUT2D eigenvalue weighted by Crippen LogP contribution is 2.61. The number of hydrogen-bond donors (Lipinski definition) is 0. The molecule has 0 radical (unpaired) electrons. The van der Waals surface area contributed by atoms with E-state index in [-0.39, 0.29) is 6.04 Å². The molecule has 0 unspecified atom stereocenters. The summed E-state index contributed by atoms with van der Waals surface area (Å²) in [7, 11) is 0. The lowest BCUT2D eigenvalue weighted by atomic mass is 9.46. The first-order valence-electron chi connectivity index (χ1n) is 4.62. The minimum atomic E-state index is 0.141. The highest BCUT2D eigenvalue weighted by atomic mass is 14.8. The van der Waals surface area contributed by atoms with Gasteiger partial charge in [-0.05, 0) is 23.7 Å². The van der Waals surface area contributed by atoms with Crippen molar-refractivity contribution in [2.24, 2.45) is 17.3 Å². The zero-order chi connectivity index (χ0) is 8.93. The van der Waals surface area contributed by atoms with Crippen LogP contribution in [-0.2, 0) is 0 Å². The Bertz CT molecular complexity index is 269. The van der Waals surface area contributed by atoms with Crippen molar-refractivity contribution in [3.05, 3.63) is 23.6 Å². The molecule has 0 aromatic rings. The zero-order valence-electron chi connectivity index (χ0n) is 7.80. The topological polar surface area (TPSA) is 4.36 Å². The second kappa shape index (κ2) is 2.13. The van der Waals surface area contributed by atoms with Crippen molar-refractivity contribution in [2.75, 3.05) is 0 Å². The predicted octanol–water partition coefficient (Wildman–Crippen LogP) is 2.90. The fraction of sp³-hybridized carbons (Fsp3) is 0.727. The molecule has 3 rings (SSSR count). The van der Waals surface area contributed by atoms with Crippen LogP contribution >= 0.6 is 0 Å². The van der Waals surface area contributed by atoms with Crippen molar-refractivity contribution >= 4 is 0 Å². The first-order valence-corrected chi connectivity index (χ1v) is 4.62. The Balaban J connectivity index is 2.24. The maximum absolute atomic E-state index is 7.03. The van der Waals surface area contributed by atoms with Crippen LogP contribution in [0.4, 0.5) is 0 Å². The van der Waals surface area contributed by atoms with Crippen molar-refractivity contribution in [3.8, 4) is 0 Å². The SMILES string of the molecule is [C-]#[N+][C@H]1C[C@@H]2C[C@@H](C1=C)C2(C)C. The van der Waals surface area contributed by atoms with Gasteiger partial charge in [0, 0.05) is 12.0 Å². The van der Waals surface area contributed by atoms with Crippen molar-refractivity contribution < 1.29 is 0 Å². The van der Waals surface area contributed by atoms with Crippen LogP contribution < -0.4 is 0 Å². The predicted molar refractivity (Wildman–Crippen MR) is 49.5 cm³/mol. The normalized spacial score (nSPS) is 43.1. The van der Waals surface area contributed by atoms with E-state index in [0.717, 1.165) is 12.3 Å². The average Bonchev–Trinajstić information content (AvgIpc) is 2.03. The third-order valence-electron chi connectivity index (χ3n) is 4.01. The quantitative estimate of drug-likeness (QED) is 0.380. The fourth-order valence-corrected chi connectivity index (χ4v) is 2.83. The van der Waals surface area contributed by atoms with Crippen LogP contribution in [0, 0.1) is 23.8 Å². The lowest BCUT2D eigenvalue weighted by Crippen LogP contribution is -2.52. The molecule has 3 atom stereocenters. The summed E-state index contributed by atoms with van der Waals surface area (Å²) >= 11 is 0. The van der Waals surface area contributed by atoms with E-state index in [1.807, 2.05) is 0 Å². The third-order valence-corrected chi connectivity index (χ3v) is 4.01. The highest BCUT2D eigenvalue weighted by molar-refractivity contribution is 5.27. The van der Waals surface area contributed by atoms with E-state index in [9.17, 15) is 0 Å². The molecule has 1 heteroatoms. The molecule has 12 heavy (non-hydrogen) atoms. The zero-order valence-corrected chi connectivity index (χ0v) is 7.80. The molecule has 3 saturated carbocycles. The molecule has 0 heterocycles. The van der Waals surface area contributed by atoms with E-state index >= 15 is 0 Å². The summed E-state index contributed by atoms with van der Waals surface area (Å²) in [6.07, 6.45) is 2.35. The molecule has 3 aliphatic carbocycles. The van der Waals surface area contributed by atoms with Gasteiger partial charge in [-0.2, -0.15) is 0 Å². The van der Waals surface area contributed by atoms with Gasteiger partial charge in [-0.3, -0.25) is 0 Å². The molecular formula is C11H15N. The Morgan fingerprint density at radius 2 is 2.17 bits per heavy atom. The molecule has 0 aromatic heterocycles. The highest BCUT2D eigenvalue weighted by Gasteiger charge is 2.56. The summed E-state index contributed by atoms with van der Waals surface area (Å²) in [5.74, 6) is 1.42. The standard InChI is InChI=1S/C11H15N/c1-7-9-5-8(11(9,2)3)6-10(7)12-4/h8-10H,1,5-6H2,2-3H3/t8-,9-,10-/m0/s1. The molecular weight excluding hydrogens is 146 g/mol. The van der Waals surface area contributed by atoms with Crippen LogP contribution in [0.2, 0.25) is 0 Å². The van der Waals surface area contributed by atoms with Crippen LogP contribution in [0.3, 0.4) is 0 Å². The van der Waals surface area contributed by atoms with E-state index in [2.05, 4.69) is 25.3 Å². The molecule has 0 spiro atoms. The minimum absolute atomic E-state index is 0.141. The average molecular weight is 161 g/mol. The van der Waals surface area contributed by atoms with E-state index < -0.39 is 0 Å². The second-order valence-corrected chi connectivity index (χ2v) is 4.76. The van der Waals surface area contributed by atoms with Gasteiger partial charge in [0.25, 0.3) is 0 Å². The van der Waals surface area contributed by atoms with Crippen LogP contribution in [0.25, 0.3) is 4.85 Å². The van der Waals surface area contributed by atoms with Crippen molar-refractivity contribution in [2.45, 2.75) is 32.7 Å². The summed E-state index contributed by atoms with van der Waals surface area (Å²) < 4.78 is 0. The summed E-state index contributed by atoms with van der Waals surface area (Å²) in [5, 5.41) is 0. The van der Waals surface area contributed by atoms with Gasteiger partial charge in [-0.25, -0.2) is 6.57 Å². The van der Waals surface area contributed by atoms with Gasteiger partial charge in [0.05, 0.1) is 0 Å². The molecule has 1 nitrogen and oxygen atoms in total. The lowest BCUT2D eigenvalue weighted by molar-refractivity contribution is -0.0294. The molecule has 3 fully saturated rings. The van der Waals surface area contributed by atoms with Gasteiger partial charge >= 0.3 is 0 Å². The van der Waals surface area contributed by atoms with Crippen molar-refractivity contribution in [3.63, 3.8) is 0 Å². The molecule has 0 amide bonds. The fourth-order valence-electron chi connectivity index (χ4n) is 2.83. The van der Waals surface area contributed by atoms with Gasteiger partial charge < -0.3 is 4.85 Å². The largest absolute Gasteiger partial charge is 0.309 e. The van der Waals surface area contributed by atoms with E-state index in [4.69, 9.17) is 6.57 Å². The Kier molecular flexibility index (Phi) is 1.39. The molecule has 64 valence electrons. The van der Waals surface area contributed by atoms with Crippen LogP contribution in [0.5, 0.6) is 0 Å². The molecule has 0 saturated heterocycles. The maximum Gasteiger partial charge on any atom is 0.245 e. The van der Waals surface area contributed by atoms with Crippen molar-refractivity contribution in [1.82, 2.24) is 0 Å². The smallest absolute Gasteiger partial charge is 0.245 e. The van der Waals surface area contributed by atoms with Crippen LogP contribution in [-0.4, -0.2) is 6.04 Å². The second-order valence-electron chi connectivity index (χ2n) is 4.76.